The quantitative estimate of drug-likeness (QED) is 0.795. The molecule has 1 aliphatic carbocycles. The first-order valence-corrected chi connectivity index (χ1v) is 8.54. The van der Waals surface area contributed by atoms with Crippen LogP contribution < -0.4 is 5.32 Å². The van der Waals surface area contributed by atoms with Crippen molar-refractivity contribution < 1.29 is 0 Å². The molecule has 2 rings (SSSR count). The molecule has 1 unspecified atom stereocenters. The Balaban J connectivity index is 1.85. The fourth-order valence-corrected chi connectivity index (χ4v) is 4.29. The van der Waals surface area contributed by atoms with Gasteiger partial charge >= 0.3 is 0 Å². The van der Waals surface area contributed by atoms with E-state index < -0.39 is 0 Å². The summed E-state index contributed by atoms with van der Waals surface area (Å²) in [5.41, 5.74) is 1.36. The molecule has 0 aromatic heterocycles. The molecule has 1 N–H and O–H groups in total. The Hall–Kier alpha value is -0.470. The molecule has 19 heavy (non-hydrogen) atoms. The number of benzene rings is 1. The Bertz CT molecular complexity index is 383. The normalized spacial score (nSPS) is 25.2. The van der Waals surface area contributed by atoms with Gasteiger partial charge in [-0.3, -0.25) is 0 Å². The third-order valence-electron chi connectivity index (χ3n) is 4.42. The van der Waals surface area contributed by atoms with Gasteiger partial charge in [-0.15, -0.1) is 11.8 Å². The molecule has 106 valence electrons. The van der Waals surface area contributed by atoms with Crippen LogP contribution in [0.25, 0.3) is 0 Å². The molecule has 0 amide bonds. The van der Waals surface area contributed by atoms with Gasteiger partial charge in [0.25, 0.3) is 0 Å². The zero-order valence-electron chi connectivity index (χ0n) is 12.5. The fraction of sp³-hybridized carbons (Fsp3) is 0.647. The first-order valence-electron chi connectivity index (χ1n) is 7.55. The summed E-state index contributed by atoms with van der Waals surface area (Å²) in [6, 6.07) is 9.52. The lowest BCUT2D eigenvalue weighted by Crippen LogP contribution is -2.37. The maximum Gasteiger partial charge on any atom is 0.0186 e. The topological polar surface area (TPSA) is 12.0 Å². The number of rotatable bonds is 5. The van der Waals surface area contributed by atoms with E-state index >= 15 is 0 Å². The highest BCUT2D eigenvalue weighted by molar-refractivity contribution is 7.99. The lowest BCUT2D eigenvalue weighted by atomic mass is 9.80. The number of hydrogen-bond donors (Lipinski definition) is 1. The highest BCUT2D eigenvalue weighted by atomic mass is 32.2. The SMILES string of the molecule is CNC(CSc1cccc(C)c1)C1CCC(C)CC1. The minimum atomic E-state index is 0.665. The minimum Gasteiger partial charge on any atom is -0.316 e. The smallest absolute Gasteiger partial charge is 0.0186 e. The van der Waals surface area contributed by atoms with Crippen LogP contribution in [0.3, 0.4) is 0 Å². The van der Waals surface area contributed by atoms with E-state index in [2.05, 4.69) is 50.5 Å². The highest BCUT2D eigenvalue weighted by Gasteiger charge is 2.24. The summed E-state index contributed by atoms with van der Waals surface area (Å²) in [6.45, 7) is 4.56. The zero-order valence-corrected chi connectivity index (χ0v) is 13.3. The zero-order chi connectivity index (χ0) is 13.7. The molecular formula is C17H27NS. The minimum absolute atomic E-state index is 0.665. The summed E-state index contributed by atoms with van der Waals surface area (Å²) in [4.78, 5) is 1.41. The van der Waals surface area contributed by atoms with Crippen LogP contribution in [0.1, 0.15) is 38.2 Å². The van der Waals surface area contributed by atoms with Crippen molar-refractivity contribution in [2.45, 2.75) is 50.5 Å². The highest BCUT2D eigenvalue weighted by Crippen LogP contribution is 2.32. The third kappa shape index (κ3) is 4.54. The maximum atomic E-state index is 3.55. The van der Waals surface area contributed by atoms with Crippen LogP contribution in [0.2, 0.25) is 0 Å². The molecule has 0 spiro atoms. The molecule has 1 saturated carbocycles. The fourth-order valence-electron chi connectivity index (χ4n) is 3.03. The summed E-state index contributed by atoms with van der Waals surface area (Å²) in [6.07, 6.45) is 5.64. The second-order valence-corrected chi connectivity index (χ2v) is 7.14. The molecule has 1 aliphatic rings. The van der Waals surface area contributed by atoms with Crippen molar-refractivity contribution in [3.63, 3.8) is 0 Å². The van der Waals surface area contributed by atoms with Crippen molar-refractivity contribution in [1.82, 2.24) is 5.32 Å². The van der Waals surface area contributed by atoms with Gasteiger partial charge in [0.2, 0.25) is 0 Å². The van der Waals surface area contributed by atoms with E-state index in [1.807, 2.05) is 11.8 Å². The van der Waals surface area contributed by atoms with Gasteiger partial charge in [-0.05, 0) is 50.8 Å². The molecular weight excluding hydrogens is 250 g/mol. The molecule has 1 nitrogen and oxygen atoms in total. The number of thioether (sulfide) groups is 1. The molecule has 0 radical (unpaired) electrons. The van der Waals surface area contributed by atoms with E-state index in [9.17, 15) is 0 Å². The molecule has 1 aromatic carbocycles. The Morgan fingerprint density at radius 3 is 2.63 bits per heavy atom. The van der Waals surface area contributed by atoms with Crippen molar-refractivity contribution in [3.05, 3.63) is 29.8 Å². The van der Waals surface area contributed by atoms with Gasteiger partial charge in [0.15, 0.2) is 0 Å². The largest absolute Gasteiger partial charge is 0.316 e. The second-order valence-electron chi connectivity index (χ2n) is 6.04. The molecule has 1 fully saturated rings. The lowest BCUT2D eigenvalue weighted by molar-refractivity contribution is 0.248. The molecule has 2 heteroatoms. The predicted octanol–water partition coefficient (Wildman–Crippen LogP) is 4.50. The van der Waals surface area contributed by atoms with Crippen LogP contribution in [0.15, 0.2) is 29.2 Å². The Kier molecular flexibility index (Phi) is 5.77. The Morgan fingerprint density at radius 2 is 2.00 bits per heavy atom. The monoisotopic (exact) mass is 277 g/mol. The predicted molar refractivity (Wildman–Crippen MR) is 85.9 cm³/mol. The number of nitrogens with one attached hydrogen (secondary N) is 1. The van der Waals surface area contributed by atoms with E-state index in [4.69, 9.17) is 0 Å². The maximum absolute atomic E-state index is 3.55. The van der Waals surface area contributed by atoms with Crippen molar-refractivity contribution in [2.75, 3.05) is 12.8 Å². The standard InChI is InChI=1S/C17H27NS/c1-13-7-9-15(10-8-13)17(18-3)12-19-16-6-4-5-14(2)11-16/h4-6,11,13,15,17-18H,7-10,12H2,1-3H3. The lowest BCUT2D eigenvalue weighted by Gasteiger charge is -2.32. The molecule has 0 saturated heterocycles. The van der Waals surface area contributed by atoms with Crippen molar-refractivity contribution in [3.8, 4) is 0 Å². The molecule has 0 bridgehead atoms. The van der Waals surface area contributed by atoms with Crippen LogP contribution in [-0.2, 0) is 0 Å². The van der Waals surface area contributed by atoms with E-state index in [-0.39, 0.29) is 0 Å². The molecule has 1 aromatic rings. The van der Waals surface area contributed by atoms with Gasteiger partial charge in [-0.1, -0.05) is 37.5 Å². The van der Waals surface area contributed by atoms with Crippen molar-refractivity contribution in [1.29, 1.82) is 0 Å². The number of hydrogen-bond acceptors (Lipinski definition) is 2. The van der Waals surface area contributed by atoms with Crippen LogP contribution in [-0.4, -0.2) is 18.8 Å². The van der Waals surface area contributed by atoms with Crippen LogP contribution in [0.5, 0.6) is 0 Å². The summed E-state index contributed by atoms with van der Waals surface area (Å²) in [7, 11) is 2.12. The van der Waals surface area contributed by atoms with Gasteiger partial charge in [0, 0.05) is 16.7 Å². The summed E-state index contributed by atoms with van der Waals surface area (Å²) >= 11 is 2.00. The first-order chi connectivity index (χ1) is 9.19. The van der Waals surface area contributed by atoms with Crippen LogP contribution in [0, 0.1) is 18.8 Å². The first kappa shape index (κ1) is 14.9. The second kappa shape index (κ2) is 7.35. The average Bonchev–Trinajstić information content (AvgIpc) is 2.41. The third-order valence-corrected chi connectivity index (χ3v) is 5.53. The van der Waals surface area contributed by atoms with Gasteiger partial charge in [0.05, 0.1) is 0 Å². The van der Waals surface area contributed by atoms with Gasteiger partial charge in [-0.2, -0.15) is 0 Å². The molecule has 0 aliphatic heterocycles. The van der Waals surface area contributed by atoms with Gasteiger partial charge in [0.1, 0.15) is 0 Å². The molecule has 1 atom stereocenters. The van der Waals surface area contributed by atoms with Crippen molar-refractivity contribution in [2.24, 2.45) is 11.8 Å². The van der Waals surface area contributed by atoms with E-state index in [0.29, 0.717) is 6.04 Å². The van der Waals surface area contributed by atoms with Gasteiger partial charge < -0.3 is 5.32 Å². The average molecular weight is 277 g/mol. The molecule has 0 heterocycles. The van der Waals surface area contributed by atoms with E-state index in [0.717, 1.165) is 11.8 Å². The van der Waals surface area contributed by atoms with Gasteiger partial charge in [-0.25, -0.2) is 0 Å². The Labute approximate surface area is 122 Å². The van der Waals surface area contributed by atoms with E-state index in [1.165, 1.54) is 41.9 Å². The Morgan fingerprint density at radius 1 is 1.26 bits per heavy atom. The number of aryl methyl sites for hydroxylation is 1. The summed E-state index contributed by atoms with van der Waals surface area (Å²) < 4.78 is 0. The van der Waals surface area contributed by atoms with Crippen molar-refractivity contribution >= 4 is 11.8 Å². The summed E-state index contributed by atoms with van der Waals surface area (Å²) in [5.74, 6) is 3.01. The van der Waals surface area contributed by atoms with Crippen LogP contribution in [0.4, 0.5) is 0 Å². The van der Waals surface area contributed by atoms with E-state index in [1.54, 1.807) is 0 Å². The summed E-state index contributed by atoms with van der Waals surface area (Å²) in [5, 5.41) is 3.55. The van der Waals surface area contributed by atoms with Crippen LogP contribution >= 0.6 is 11.8 Å².